The van der Waals surface area contributed by atoms with Gasteiger partial charge in [-0.1, -0.05) is 25.1 Å². The van der Waals surface area contributed by atoms with Gasteiger partial charge >= 0.3 is 0 Å². The summed E-state index contributed by atoms with van der Waals surface area (Å²) in [5, 5.41) is 3.51. The third-order valence-electron chi connectivity index (χ3n) is 2.41. The molecule has 0 spiro atoms. The molecule has 16 heavy (non-hydrogen) atoms. The average molecular weight is 239 g/mol. The number of para-hydroxylation sites is 1. The summed E-state index contributed by atoms with van der Waals surface area (Å²) in [4.78, 5) is 0. The van der Waals surface area contributed by atoms with E-state index in [0.29, 0.717) is 6.04 Å². The van der Waals surface area contributed by atoms with E-state index in [0.717, 1.165) is 18.0 Å². The predicted molar refractivity (Wildman–Crippen MR) is 72.3 cm³/mol. The fraction of sp³-hybridized carbons (Fsp3) is 0.538. The fourth-order valence-electron chi connectivity index (χ4n) is 1.49. The molecule has 0 heterocycles. The van der Waals surface area contributed by atoms with Gasteiger partial charge < -0.3 is 10.1 Å². The summed E-state index contributed by atoms with van der Waals surface area (Å²) in [6.45, 7) is 5.28. The molecule has 1 rings (SSSR count). The largest absolute Gasteiger partial charge is 0.496 e. The van der Waals surface area contributed by atoms with Crippen LogP contribution in [0.15, 0.2) is 24.3 Å². The Kier molecular flexibility index (Phi) is 6.34. The molecule has 0 saturated carbocycles. The van der Waals surface area contributed by atoms with Gasteiger partial charge in [0.15, 0.2) is 0 Å². The molecule has 1 aromatic rings. The van der Waals surface area contributed by atoms with E-state index >= 15 is 0 Å². The van der Waals surface area contributed by atoms with Crippen LogP contribution in [-0.2, 0) is 6.54 Å². The van der Waals surface area contributed by atoms with Crippen LogP contribution in [0.4, 0.5) is 0 Å². The van der Waals surface area contributed by atoms with Crippen molar-refractivity contribution in [2.24, 2.45) is 0 Å². The topological polar surface area (TPSA) is 21.3 Å². The Balaban J connectivity index is 2.41. The van der Waals surface area contributed by atoms with Crippen LogP contribution < -0.4 is 10.1 Å². The Hall–Kier alpha value is -0.670. The molecule has 0 radical (unpaired) electrons. The zero-order chi connectivity index (χ0) is 11.8. The lowest BCUT2D eigenvalue weighted by atomic mass is 10.2. The molecule has 3 heteroatoms. The van der Waals surface area contributed by atoms with Crippen molar-refractivity contribution in [1.82, 2.24) is 5.32 Å². The lowest BCUT2D eigenvalue weighted by Gasteiger charge is -2.14. The van der Waals surface area contributed by atoms with Crippen molar-refractivity contribution in [2.45, 2.75) is 26.4 Å². The van der Waals surface area contributed by atoms with E-state index in [1.54, 1.807) is 7.11 Å². The minimum absolute atomic E-state index is 0.537. The summed E-state index contributed by atoms with van der Waals surface area (Å²) < 4.78 is 5.31. The molecule has 0 fully saturated rings. The van der Waals surface area contributed by atoms with Crippen LogP contribution in [-0.4, -0.2) is 24.7 Å². The van der Waals surface area contributed by atoms with Crippen molar-refractivity contribution < 1.29 is 4.74 Å². The average Bonchev–Trinajstić information content (AvgIpc) is 2.34. The first-order valence-corrected chi connectivity index (χ1v) is 6.86. The van der Waals surface area contributed by atoms with Crippen LogP contribution in [0.5, 0.6) is 5.75 Å². The molecule has 0 aliphatic heterocycles. The number of methoxy groups -OCH3 is 1. The Morgan fingerprint density at radius 2 is 2.12 bits per heavy atom. The van der Waals surface area contributed by atoms with E-state index in [9.17, 15) is 0 Å². The van der Waals surface area contributed by atoms with E-state index < -0.39 is 0 Å². The molecular formula is C13H21NOS. The van der Waals surface area contributed by atoms with Gasteiger partial charge in [-0.15, -0.1) is 0 Å². The Labute approximate surface area is 103 Å². The van der Waals surface area contributed by atoms with Gasteiger partial charge in [0.25, 0.3) is 0 Å². The number of nitrogens with one attached hydrogen (secondary N) is 1. The van der Waals surface area contributed by atoms with E-state index in [1.165, 1.54) is 11.3 Å². The highest BCUT2D eigenvalue weighted by atomic mass is 32.2. The molecule has 90 valence electrons. The van der Waals surface area contributed by atoms with Gasteiger partial charge in [0, 0.05) is 23.9 Å². The number of hydrogen-bond donors (Lipinski definition) is 1. The van der Waals surface area contributed by atoms with Gasteiger partial charge in [0.2, 0.25) is 0 Å². The van der Waals surface area contributed by atoms with Crippen molar-refractivity contribution in [2.75, 3.05) is 18.6 Å². The van der Waals surface area contributed by atoms with E-state index in [4.69, 9.17) is 4.74 Å². The number of thioether (sulfide) groups is 1. The highest BCUT2D eigenvalue weighted by Gasteiger charge is 2.04. The quantitative estimate of drug-likeness (QED) is 0.790. The van der Waals surface area contributed by atoms with Gasteiger partial charge in [-0.25, -0.2) is 0 Å². The summed E-state index contributed by atoms with van der Waals surface area (Å²) in [5.41, 5.74) is 1.22. The van der Waals surface area contributed by atoms with E-state index in [-0.39, 0.29) is 0 Å². The molecule has 1 N–H and O–H groups in total. The maximum atomic E-state index is 5.31. The van der Waals surface area contributed by atoms with Gasteiger partial charge in [-0.3, -0.25) is 0 Å². The van der Waals surface area contributed by atoms with Crippen molar-refractivity contribution in [1.29, 1.82) is 0 Å². The molecule has 1 unspecified atom stereocenters. The third-order valence-corrected chi connectivity index (χ3v) is 3.55. The lowest BCUT2D eigenvalue weighted by molar-refractivity contribution is 0.406. The van der Waals surface area contributed by atoms with Crippen LogP contribution in [0.2, 0.25) is 0 Å². The van der Waals surface area contributed by atoms with Gasteiger partial charge in [0.1, 0.15) is 5.75 Å². The summed E-state index contributed by atoms with van der Waals surface area (Å²) in [6.07, 6.45) is 0. The molecule has 0 saturated heterocycles. The monoisotopic (exact) mass is 239 g/mol. The molecule has 2 nitrogen and oxygen atoms in total. The summed E-state index contributed by atoms with van der Waals surface area (Å²) >= 11 is 1.97. The summed E-state index contributed by atoms with van der Waals surface area (Å²) in [5.74, 6) is 3.30. The predicted octanol–water partition coefficient (Wildman–Crippen LogP) is 2.93. The first kappa shape index (κ1) is 13.4. The van der Waals surface area contributed by atoms with Crippen molar-refractivity contribution >= 4 is 11.8 Å². The molecule has 0 bridgehead atoms. The standard InChI is InChI=1S/C13H21NOS/c1-4-16-10-11(2)14-9-12-7-5-6-8-13(12)15-3/h5-8,11,14H,4,9-10H2,1-3H3. The maximum Gasteiger partial charge on any atom is 0.123 e. The van der Waals surface area contributed by atoms with Crippen LogP contribution in [0, 0.1) is 0 Å². The molecule has 0 aliphatic carbocycles. The molecule has 1 atom stereocenters. The van der Waals surface area contributed by atoms with Gasteiger partial charge in [-0.05, 0) is 18.7 Å². The minimum Gasteiger partial charge on any atom is -0.496 e. The first-order chi connectivity index (χ1) is 7.77. The summed E-state index contributed by atoms with van der Waals surface area (Å²) in [7, 11) is 1.72. The zero-order valence-corrected chi connectivity index (χ0v) is 11.1. The highest BCUT2D eigenvalue weighted by molar-refractivity contribution is 7.99. The Morgan fingerprint density at radius 3 is 2.81 bits per heavy atom. The van der Waals surface area contributed by atoms with Crippen molar-refractivity contribution in [3.05, 3.63) is 29.8 Å². The molecule has 0 aromatic heterocycles. The lowest BCUT2D eigenvalue weighted by Crippen LogP contribution is -2.27. The second-order valence-electron chi connectivity index (χ2n) is 3.75. The summed E-state index contributed by atoms with van der Waals surface area (Å²) in [6, 6.07) is 8.69. The molecule has 0 amide bonds. The molecular weight excluding hydrogens is 218 g/mol. The maximum absolute atomic E-state index is 5.31. The van der Waals surface area contributed by atoms with Gasteiger partial charge in [0.05, 0.1) is 7.11 Å². The van der Waals surface area contributed by atoms with E-state index in [2.05, 4.69) is 25.2 Å². The van der Waals surface area contributed by atoms with Crippen LogP contribution in [0.25, 0.3) is 0 Å². The normalized spacial score (nSPS) is 12.4. The third kappa shape index (κ3) is 4.45. The van der Waals surface area contributed by atoms with Crippen LogP contribution in [0.1, 0.15) is 19.4 Å². The first-order valence-electron chi connectivity index (χ1n) is 5.71. The van der Waals surface area contributed by atoms with Crippen molar-refractivity contribution in [3.8, 4) is 5.75 Å². The second kappa shape index (κ2) is 7.58. The molecule has 1 aromatic carbocycles. The van der Waals surface area contributed by atoms with Gasteiger partial charge in [-0.2, -0.15) is 11.8 Å². The number of hydrogen-bond acceptors (Lipinski definition) is 3. The SMILES string of the molecule is CCSCC(C)NCc1ccccc1OC. The number of benzene rings is 1. The number of ether oxygens (including phenoxy) is 1. The molecule has 0 aliphatic rings. The zero-order valence-electron chi connectivity index (χ0n) is 10.3. The Morgan fingerprint density at radius 1 is 1.38 bits per heavy atom. The second-order valence-corrected chi connectivity index (χ2v) is 5.07. The van der Waals surface area contributed by atoms with Crippen molar-refractivity contribution in [3.63, 3.8) is 0 Å². The Bertz CT molecular complexity index is 304. The minimum atomic E-state index is 0.537. The van der Waals surface area contributed by atoms with Crippen LogP contribution in [0.3, 0.4) is 0 Å². The highest BCUT2D eigenvalue weighted by Crippen LogP contribution is 2.17. The smallest absolute Gasteiger partial charge is 0.123 e. The van der Waals surface area contributed by atoms with Crippen LogP contribution >= 0.6 is 11.8 Å². The fourth-order valence-corrected chi connectivity index (χ4v) is 2.19. The van der Waals surface area contributed by atoms with E-state index in [1.807, 2.05) is 30.0 Å². The number of rotatable bonds is 7.